The lowest BCUT2D eigenvalue weighted by molar-refractivity contribution is -0.137. The van der Waals surface area contributed by atoms with Crippen LogP contribution >= 0.6 is 11.3 Å². The zero-order valence-corrected chi connectivity index (χ0v) is 17.7. The molecule has 0 aliphatic carbocycles. The molecule has 0 fully saturated rings. The predicted molar refractivity (Wildman–Crippen MR) is 116 cm³/mol. The second kappa shape index (κ2) is 9.19. The molecule has 6 nitrogen and oxygen atoms in total. The Morgan fingerprint density at radius 3 is 2.38 bits per heavy atom. The molecular weight excluding hydrogens is 438 g/mol. The van der Waals surface area contributed by atoms with Crippen molar-refractivity contribution in [3.63, 3.8) is 0 Å². The number of carbonyl (C=O) groups excluding carboxylic acids is 2. The lowest BCUT2D eigenvalue weighted by atomic mass is 10.2. The number of thiophene rings is 1. The number of nitrogens with one attached hydrogen (secondary N) is 1. The number of ether oxygens (including phenoxy) is 2. The van der Waals surface area contributed by atoms with E-state index in [1.807, 2.05) is 0 Å². The number of amides is 2. The average Bonchev–Trinajstić information content (AvgIpc) is 3.39. The van der Waals surface area contributed by atoms with Crippen LogP contribution in [0.1, 0.15) is 4.88 Å². The third-order valence-corrected chi connectivity index (χ3v) is 5.65. The van der Waals surface area contributed by atoms with Crippen molar-refractivity contribution in [1.82, 2.24) is 4.90 Å². The summed E-state index contributed by atoms with van der Waals surface area (Å²) in [5.41, 5.74) is 0.345. The fourth-order valence-electron chi connectivity index (χ4n) is 3.19. The standard InChI is InChI=1S/C23H18F2N2O4S/c1-30-15-5-7-16(8-6-15)31-11-10-27-22(28)20(19-3-2-12-32-19)21(23(27)29)26-14-4-9-17(24)18(25)13-14/h2-9,12-13,26H,10-11H2,1H3. The third-order valence-electron chi connectivity index (χ3n) is 4.77. The van der Waals surface area contributed by atoms with E-state index in [1.54, 1.807) is 48.9 Å². The number of benzene rings is 2. The van der Waals surface area contributed by atoms with Gasteiger partial charge in [0, 0.05) is 16.6 Å². The molecule has 3 aromatic rings. The Balaban J connectivity index is 1.52. The molecule has 1 aliphatic rings. The van der Waals surface area contributed by atoms with Gasteiger partial charge in [-0.2, -0.15) is 0 Å². The van der Waals surface area contributed by atoms with E-state index in [2.05, 4.69) is 5.32 Å². The van der Waals surface area contributed by atoms with E-state index in [9.17, 15) is 18.4 Å². The number of anilines is 1. The number of hydrogen-bond acceptors (Lipinski definition) is 6. The first-order valence-corrected chi connectivity index (χ1v) is 10.5. The Labute approximate surface area is 186 Å². The van der Waals surface area contributed by atoms with Crippen molar-refractivity contribution in [1.29, 1.82) is 0 Å². The Hall–Kier alpha value is -3.72. The van der Waals surface area contributed by atoms with Crippen molar-refractivity contribution in [3.8, 4) is 11.5 Å². The third kappa shape index (κ3) is 4.33. The Morgan fingerprint density at radius 2 is 1.72 bits per heavy atom. The summed E-state index contributed by atoms with van der Waals surface area (Å²) in [4.78, 5) is 27.8. The lowest BCUT2D eigenvalue weighted by Crippen LogP contribution is -2.35. The summed E-state index contributed by atoms with van der Waals surface area (Å²) in [5.74, 6) is -1.87. The number of methoxy groups -OCH3 is 1. The summed E-state index contributed by atoms with van der Waals surface area (Å²) < 4.78 is 37.6. The van der Waals surface area contributed by atoms with Gasteiger partial charge in [0.25, 0.3) is 11.8 Å². The molecule has 0 radical (unpaired) electrons. The first-order valence-electron chi connectivity index (χ1n) is 9.61. The molecule has 164 valence electrons. The van der Waals surface area contributed by atoms with Crippen LogP contribution in [0, 0.1) is 11.6 Å². The van der Waals surface area contributed by atoms with Gasteiger partial charge in [-0.1, -0.05) is 6.07 Å². The first-order chi connectivity index (χ1) is 15.5. The minimum Gasteiger partial charge on any atom is -0.497 e. The summed E-state index contributed by atoms with van der Waals surface area (Å²) in [7, 11) is 1.56. The van der Waals surface area contributed by atoms with Gasteiger partial charge in [0.05, 0.1) is 19.2 Å². The molecule has 2 aromatic carbocycles. The number of hydrogen-bond donors (Lipinski definition) is 1. The number of rotatable bonds is 8. The van der Waals surface area contributed by atoms with Gasteiger partial charge in [-0.25, -0.2) is 8.78 Å². The van der Waals surface area contributed by atoms with Crippen molar-refractivity contribution in [2.24, 2.45) is 0 Å². The molecule has 1 aliphatic heterocycles. The van der Waals surface area contributed by atoms with Gasteiger partial charge in [-0.3, -0.25) is 14.5 Å². The van der Waals surface area contributed by atoms with Gasteiger partial charge >= 0.3 is 0 Å². The quantitative estimate of drug-likeness (QED) is 0.512. The number of nitrogens with zero attached hydrogens (tertiary/aromatic N) is 1. The lowest BCUT2D eigenvalue weighted by Gasteiger charge is -2.16. The smallest absolute Gasteiger partial charge is 0.278 e. The van der Waals surface area contributed by atoms with E-state index in [4.69, 9.17) is 9.47 Å². The minimum absolute atomic E-state index is 0.00732. The van der Waals surface area contributed by atoms with E-state index < -0.39 is 23.4 Å². The second-order valence-electron chi connectivity index (χ2n) is 6.77. The molecule has 1 aromatic heterocycles. The minimum atomic E-state index is -1.06. The highest BCUT2D eigenvalue weighted by molar-refractivity contribution is 7.11. The molecule has 1 N–H and O–H groups in total. The maximum Gasteiger partial charge on any atom is 0.278 e. The molecule has 4 rings (SSSR count). The largest absolute Gasteiger partial charge is 0.497 e. The van der Waals surface area contributed by atoms with Crippen LogP contribution in [0.25, 0.3) is 5.57 Å². The summed E-state index contributed by atoms with van der Waals surface area (Å²) in [5, 5.41) is 4.57. The maximum atomic E-state index is 13.6. The Bertz CT molecular complexity index is 1180. The Morgan fingerprint density at radius 1 is 0.969 bits per heavy atom. The van der Waals surface area contributed by atoms with E-state index in [0.717, 1.165) is 17.0 Å². The van der Waals surface area contributed by atoms with E-state index in [1.165, 1.54) is 17.4 Å². The molecule has 2 heterocycles. The van der Waals surface area contributed by atoms with Gasteiger partial charge in [-0.15, -0.1) is 11.3 Å². The summed E-state index contributed by atoms with van der Waals surface area (Å²) in [6.45, 7) is 0.0987. The van der Waals surface area contributed by atoms with Crippen LogP contribution in [0.3, 0.4) is 0 Å². The fraction of sp³-hybridized carbons (Fsp3) is 0.130. The molecule has 0 bridgehead atoms. The highest BCUT2D eigenvalue weighted by Crippen LogP contribution is 2.33. The normalized spacial score (nSPS) is 13.7. The van der Waals surface area contributed by atoms with Crippen LogP contribution in [0.15, 0.2) is 65.7 Å². The van der Waals surface area contributed by atoms with Gasteiger partial charge < -0.3 is 14.8 Å². The topological polar surface area (TPSA) is 67.9 Å². The van der Waals surface area contributed by atoms with Crippen molar-refractivity contribution in [2.45, 2.75) is 0 Å². The molecule has 0 atom stereocenters. The van der Waals surface area contributed by atoms with E-state index >= 15 is 0 Å². The van der Waals surface area contributed by atoms with Crippen molar-refractivity contribution >= 4 is 34.4 Å². The van der Waals surface area contributed by atoms with Gasteiger partial charge in [-0.05, 0) is 47.8 Å². The van der Waals surface area contributed by atoms with Crippen LogP contribution in [-0.4, -0.2) is 37.0 Å². The van der Waals surface area contributed by atoms with Crippen LogP contribution in [-0.2, 0) is 9.59 Å². The molecule has 32 heavy (non-hydrogen) atoms. The van der Waals surface area contributed by atoms with Gasteiger partial charge in [0.15, 0.2) is 11.6 Å². The first kappa shape index (κ1) is 21.5. The van der Waals surface area contributed by atoms with Crippen molar-refractivity contribution in [3.05, 3.63) is 82.2 Å². The second-order valence-corrected chi connectivity index (χ2v) is 7.71. The fourth-order valence-corrected chi connectivity index (χ4v) is 3.96. The number of imide groups is 1. The van der Waals surface area contributed by atoms with E-state index in [0.29, 0.717) is 16.4 Å². The summed E-state index contributed by atoms with van der Waals surface area (Å²) in [6.07, 6.45) is 0. The highest BCUT2D eigenvalue weighted by Gasteiger charge is 2.39. The van der Waals surface area contributed by atoms with Crippen LogP contribution in [0.5, 0.6) is 11.5 Å². The molecular formula is C23H18F2N2O4S. The van der Waals surface area contributed by atoms with E-state index in [-0.39, 0.29) is 30.1 Å². The molecule has 0 saturated carbocycles. The molecule has 2 amide bonds. The monoisotopic (exact) mass is 456 g/mol. The van der Waals surface area contributed by atoms with Gasteiger partial charge in [0.2, 0.25) is 0 Å². The zero-order valence-electron chi connectivity index (χ0n) is 16.9. The van der Waals surface area contributed by atoms with Crippen LogP contribution in [0.2, 0.25) is 0 Å². The highest BCUT2D eigenvalue weighted by atomic mass is 32.1. The number of halogens is 2. The van der Waals surface area contributed by atoms with Crippen molar-refractivity contribution in [2.75, 3.05) is 25.6 Å². The van der Waals surface area contributed by atoms with Gasteiger partial charge in [0.1, 0.15) is 23.8 Å². The van der Waals surface area contributed by atoms with Crippen LogP contribution < -0.4 is 14.8 Å². The van der Waals surface area contributed by atoms with Crippen LogP contribution in [0.4, 0.5) is 14.5 Å². The maximum absolute atomic E-state index is 13.6. The summed E-state index contributed by atoms with van der Waals surface area (Å²) >= 11 is 1.30. The number of carbonyl (C=O) groups is 2. The van der Waals surface area contributed by atoms with Crippen molar-refractivity contribution < 1.29 is 27.8 Å². The molecule has 0 saturated heterocycles. The predicted octanol–water partition coefficient (Wildman–Crippen LogP) is 4.31. The molecule has 9 heteroatoms. The Kier molecular flexibility index (Phi) is 6.18. The summed E-state index contributed by atoms with van der Waals surface area (Å²) in [6, 6.07) is 13.6. The molecule has 0 spiro atoms. The average molecular weight is 456 g/mol. The zero-order chi connectivity index (χ0) is 22.7. The molecule has 0 unspecified atom stereocenters. The SMILES string of the molecule is COc1ccc(OCCN2C(=O)C(Nc3ccc(F)c(F)c3)=C(c3cccs3)C2=O)cc1.